The molecule has 178 valence electrons. The Morgan fingerprint density at radius 1 is 0.912 bits per heavy atom. The molecule has 0 aliphatic rings. The van der Waals surface area contributed by atoms with Crippen molar-refractivity contribution in [1.82, 2.24) is 10.2 Å². The number of amides is 2. The highest BCUT2D eigenvalue weighted by Gasteiger charge is 2.30. The molecule has 0 radical (unpaired) electrons. The molecule has 0 saturated carbocycles. The SMILES string of the molecule is CCNC(=O)[C@H](Cc1ccccc1)N(Cc1ccccc1F)C(=O)CSCc1ccc(F)cc1. The van der Waals surface area contributed by atoms with Crippen LogP contribution in [0, 0.1) is 11.6 Å². The highest BCUT2D eigenvalue weighted by Crippen LogP contribution is 2.19. The minimum atomic E-state index is -0.791. The van der Waals surface area contributed by atoms with E-state index in [0.29, 0.717) is 24.3 Å². The van der Waals surface area contributed by atoms with Crippen LogP contribution in [-0.4, -0.2) is 35.1 Å². The number of hydrogen-bond donors (Lipinski definition) is 1. The number of halogens is 2. The van der Waals surface area contributed by atoms with Crippen molar-refractivity contribution >= 4 is 23.6 Å². The molecule has 0 bridgehead atoms. The van der Waals surface area contributed by atoms with Crippen LogP contribution in [-0.2, 0) is 28.3 Å². The van der Waals surface area contributed by atoms with Gasteiger partial charge in [-0.1, -0.05) is 60.7 Å². The normalized spacial score (nSPS) is 11.6. The summed E-state index contributed by atoms with van der Waals surface area (Å²) in [4.78, 5) is 27.9. The summed E-state index contributed by atoms with van der Waals surface area (Å²) >= 11 is 1.37. The van der Waals surface area contributed by atoms with Crippen LogP contribution in [0.5, 0.6) is 0 Å². The third-order valence-electron chi connectivity index (χ3n) is 5.33. The van der Waals surface area contributed by atoms with Crippen LogP contribution in [0.2, 0.25) is 0 Å². The maximum atomic E-state index is 14.5. The molecule has 0 saturated heterocycles. The van der Waals surface area contributed by atoms with Gasteiger partial charge in [0.05, 0.1) is 5.75 Å². The molecule has 7 heteroatoms. The first-order valence-corrected chi connectivity index (χ1v) is 12.3. The van der Waals surface area contributed by atoms with Gasteiger partial charge in [-0.2, -0.15) is 0 Å². The van der Waals surface area contributed by atoms with Crippen molar-refractivity contribution in [2.75, 3.05) is 12.3 Å². The lowest BCUT2D eigenvalue weighted by Gasteiger charge is -2.31. The quantitative estimate of drug-likeness (QED) is 0.420. The summed E-state index contributed by atoms with van der Waals surface area (Å²) in [5.41, 5.74) is 2.15. The summed E-state index contributed by atoms with van der Waals surface area (Å²) in [6.07, 6.45) is 0.315. The van der Waals surface area contributed by atoms with Crippen molar-refractivity contribution in [3.8, 4) is 0 Å². The van der Waals surface area contributed by atoms with Gasteiger partial charge in [0.1, 0.15) is 17.7 Å². The van der Waals surface area contributed by atoms with E-state index in [-0.39, 0.29) is 29.9 Å². The van der Waals surface area contributed by atoms with Gasteiger partial charge in [-0.3, -0.25) is 9.59 Å². The van der Waals surface area contributed by atoms with E-state index < -0.39 is 11.9 Å². The van der Waals surface area contributed by atoms with Gasteiger partial charge in [-0.25, -0.2) is 8.78 Å². The first kappa shape index (κ1) is 25.4. The largest absolute Gasteiger partial charge is 0.355 e. The number of carbonyl (C=O) groups is 2. The maximum Gasteiger partial charge on any atom is 0.243 e. The number of rotatable bonds is 11. The predicted molar refractivity (Wildman–Crippen MR) is 132 cm³/mol. The van der Waals surface area contributed by atoms with E-state index in [2.05, 4.69) is 5.32 Å². The fraction of sp³-hybridized carbons (Fsp3) is 0.259. The van der Waals surface area contributed by atoms with Gasteiger partial charge in [-0.05, 0) is 36.2 Å². The van der Waals surface area contributed by atoms with Gasteiger partial charge in [0.25, 0.3) is 0 Å². The molecule has 0 aromatic heterocycles. The van der Waals surface area contributed by atoms with E-state index in [0.717, 1.165) is 11.1 Å². The first-order valence-electron chi connectivity index (χ1n) is 11.1. The van der Waals surface area contributed by atoms with Gasteiger partial charge in [-0.15, -0.1) is 11.8 Å². The van der Waals surface area contributed by atoms with Gasteiger partial charge >= 0.3 is 0 Å². The first-order chi connectivity index (χ1) is 16.5. The molecule has 0 spiro atoms. The van der Waals surface area contributed by atoms with Crippen molar-refractivity contribution in [2.45, 2.75) is 31.7 Å². The molecule has 34 heavy (non-hydrogen) atoms. The van der Waals surface area contributed by atoms with Crippen LogP contribution in [0.3, 0.4) is 0 Å². The smallest absolute Gasteiger partial charge is 0.243 e. The molecule has 0 aliphatic carbocycles. The van der Waals surface area contributed by atoms with Crippen LogP contribution in [0.25, 0.3) is 0 Å². The lowest BCUT2D eigenvalue weighted by Crippen LogP contribution is -2.51. The van der Waals surface area contributed by atoms with E-state index in [9.17, 15) is 18.4 Å². The Kier molecular flexibility index (Phi) is 9.64. The number of thioether (sulfide) groups is 1. The lowest BCUT2D eigenvalue weighted by atomic mass is 10.0. The molecule has 2 amide bonds. The fourth-order valence-electron chi connectivity index (χ4n) is 3.58. The highest BCUT2D eigenvalue weighted by atomic mass is 32.2. The fourth-order valence-corrected chi connectivity index (χ4v) is 4.45. The van der Waals surface area contributed by atoms with E-state index in [1.165, 1.54) is 34.9 Å². The minimum Gasteiger partial charge on any atom is -0.355 e. The number of benzene rings is 3. The maximum absolute atomic E-state index is 14.5. The number of hydrogen-bond acceptors (Lipinski definition) is 3. The van der Waals surface area contributed by atoms with Gasteiger partial charge in [0.15, 0.2) is 0 Å². The average molecular weight is 483 g/mol. The number of nitrogens with one attached hydrogen (secondary N) is 1. The molecule has 1 atom stereocenters. The van der Waals surface area contributed by atoms with E-state index in [1.807, 2.05) is 37.3 Å². The molecule has 4 nitrogen and oxygen atoms in total. The second kappa shape index (κ2) is 12.9. The average Bonchev–Trinajstić information content (AvgIpc) is 2.84. The molecule has 3 aromatic rings. The Hall–Kier alpha value is -3.19. The van der Waals surface area contributed by atoms with Crippen molar-refractivity contribution in [3.63, 3.8) is 0 Å². The van der Waals surface area contributed by atoms with E-state index >= 15 is 0 Å². The molecule has 3 rings (SSSR count). The highest BCUT2D eigenvalue weighted by molar-refractivity contribution is 7.99. The minimum absolute atomic E-state index is 0.0166. The van der Waals surface area contributed by atoms with Crippen LogP contribution < -0.4 is 5.32 Å². The zero-order chi connectivity index (χ0) is 24.3. The summed E-state index contributed by atoms with van der Waals surface area (Å²) in [6, 6.07) is 21.1. The monoisotopic (exact) mass is 482 g/mol. The molecule has 0 aliphatic heterocycles. The van der Waals surface area contributed by atoms with E-state index in [4.69, 9.17) is 0 Å². The summed E-state index contributed by atoms with van der Waals surface area (Å²) in [7, 11) is 0. The Labute approximate surface area is 203 Å². The lowest BCUT2D eigenvalue weighted by molar-refractivity contribution is -0.139. The second-order valence-electron chi connectivity index (χ2n) is 7.83. The second-order valence-corrected chi connectivity index (χ2v) is 8.82. The molecular weight excluding hydrogens is 454 g/mol. The van der Waals surface area contributed by atoms with Gasteiger partial charge in [0, 0.05) is 30.8 Å². The number of carbonyl (C=O) groups excluding carboxylic acids is 2. The van der Waals surface area contributed by atoms with Crippen LogP contribution >= 0.6 is 11.8 Å². The summed E-state index contributed by atoms with van der Waals surface area (Å²) < 4.78 is 27.6. The zero-order valence-corrected chi connectivity index (χ0v) is 19.9. The Morgan fingerprint density at radius 2 is 1.59 bits per heavy atom. The predicted octanol–water partition coefficient (Wildman–Crippen LogP) is 4.97. The summed E-state index contributed by atoms with van der Waals surface area (Å²) in [5.74, 6) is -0.650. The van der Waals surface area contributed by atoms with Crippen LogP contribution in [0.4, 0.5) is 8.78 Å². The number of likely N-dealkylation sites (N-methyl/N-ethyl adjacent to an activating group) is 1. The van der Waals surface area contributed by atoms with Crippen molar-refractivity contribution < 1.29 is 18.4 Å². The molecule has 3 aromatic carbocycles. The molecule has 0 fully saturated rings. The van der Waals surface area contributed by atoms with Gasteiger partial charge < -0.3 is 10.2 Å². The van der Waals surface area contributed by atoms with Gasteiger partial charge in [0.2, 0.25) is 11.8 Å². The Balaban J connectivity index is 1.82. The Morgan fingerprint density at radius 3 is 2.26 bits per heavy atom. The molecule has 0 unspecified atom stereocenters. The van der Waals surface area contributed by atoms with Crippen LogP contribution in [0.1, 0.15) is 23.6 Å². The summed E-state index contributed by atoms with van der Waals surface area (Å²) in [6.45, 7) is 2.22. The van der Waals surface area contributed by atoms with E-state index in [1.54, 1.807) is 30.3 Å². The topological polar surface area (TPSA) is 49.4 Å². The Bertz CT molecular complexity index is 1080. The van der Waals surface area contributed by atoms with Crippen LogP contribution in [0.15, 0.2) is 78.9 Å². The molecule has 0 heterocycles. The summed E-state index contributed by atoms with van der Waals surface area (Å²) in [5, 5.41) is 2.82. The van der Waals surface area contributed by atoms with Crippen molar-refractivity contribution in [2.24, 2.45) is 0 Å². The van der Waals surface area contributed by atoms with Crippen molar-refractivity contribution in [3.05, 3.63) is 107 Å². The third kappa shape index (κ3) is 7.42. The molecular formula is C27H28F2N2O2S. The standard InChI is InChI=1S/C27H28F2N2O2S/c1-2-30-27(33)25(16-20-8-4-3-5-9-20)31(17-22-10-6-7-11-24(22)29)26(32)19-34-18-21-12-14-23(28)15-13-21/h3-15,25H,2,16-19H2,1H3,(H,30,33)/t25-/m0/s1. The zero-order valence-electron chi connectivity index (χ0n) is 19.0. The molecule has 1 N–H and O–H groups in total. The van der Waals surface area contributed by atoms with Crippen molar-refractivity contribution in [1.29, 1.82) is 0 Å². The number of nitrogens with zero attached hydrogens (tertiary/aromatic N) is 1. The third-order valence-corrected chi connectivity index (χ3v) is 6.32.